The van der Waals surface area contributed by atoms with E-state index in [0.29, 0.717) is 47.2 Å². The highest BCUT2D eigenvalue weighted by Gasteiger charge is 2.12. The first-order chi connectivity index (χ1) is 16.5. The predicted molar refractivity (Wildman–Crippen MR) is 128 cm³/mol. The summed E-state index contributed by atoms with van der Waals surface area (Å²) in [5.74, 6) is 1.63. The molecule has 0 aromatic heterocycles. The third-order valence-corrected chi connectivity index (χ3v) is 5.19. The zero-order valence-corrected chi connectivity index (χ0v) is 19.6. The van der Waals surface area contributed by atoms with Gasteiger partial charge in [-0.1, -0.05) is 24.3 Å². The molecular weight excluding hydrogens is 436 g/mol. The Labute approximate surface area is 198 Å². The summed E-state index contributed by atoms with van der Waals surface area (Å²) in [6, 6.07) is 17.6. The number of nitrogens with one attached hydrogen (secondary N) is 2. The van der Waals surface area contributed by atoms with Gasteiger partial charge in [-0.3, -0.25) is 9.59 Å². The zero-order chi connectivity index (χ0) is 24.5. The number of hydrogen-bond acceptors (Lipinski definition) is 6. The lowest BCUT2D eigenvalue weighted by molar-refractivity contribution is 0.0943. The summed E-state index contributed by atoms with van der Waals surface area (Å²) in [5.41, 5.74) is 2.75. The van der Waals surface area contributed by atoms with E-state index < -0.39 is 0 Å². The molecule has 3 rings (SSSR count). The molecule has 0 aliphatic carbocycles. The molecule has 0 aliphatic rings. The minimum atomic E-state index is -0.229. The van der Waals surface area contributed by atoms with Gasteiger partial charge in [-0.25, -0.2) is 0 Å². The highest BCUT2D eigenvalue weighted by atomic mass is 16.5. The van der Waals surface area contributed by atoms with E-state index in [1.165, 1.54) is 14.2 Å². The van der Waals surface area contributed by atoms with E-state index in [2.05, 4.69) is 10.6 Å². The highest BCUT2D eigenvalue weighted by Crippen LogP contribution is 2.28. The Morgan fingerprint density at radius 2 is 1.00 bits per heavy atom. The second-order valence-corrected chi connectivity index (χ2v) is 7.32. The van der Waals surface area contributed by atoms with Crippen molar-refractivity contribution in [3.63, 3.8) is 0 Å². The number of rotatable bonds is 10. The first-order valence-corrected chi connectivity index (χ1v) is 10.6. The lowest BCUT2D eigenvalue weighted by Crippen LogP contribution is -2.24. The van der Waals surface area contributed by atoms with Crippen molar-refractivity contribution >= 4 is 11.8 Å². The first kappa shape index (κ1) is 24.4. The van der Waals surface area contributed by atoms with E-state index in [1.807, 2.05) is 24.3 Å². The summed E-state index contributed by atoms with van der Waals surface area (Å²) in [4.78, 5) is 25.1. The van der Waals surface area contributed by atoms with Crippen LogP contribution in [-0.4, -0.2) is 40.3 Å². The molecule has 0 radical (unpaired) electrons. The molecule has 3 aromatic carbocycles. The van der Waals surface area contributed by atoms with E-state index in [0.717, 1.165) is 11.1 Å². The van der Waals surface area contributed by atoms with Gasteiger partial charge in [0, 0.05) is 24.2 Å². The van der Waals surface area contributed by atoms with E-state index in [-0.39, 0.29) is 11.8 Å². The van der Waals surface area contributed by atoms with Crippen molar-refractivity contribution in [2.45, 2.75) is 13.1 Å². The van der Waals surface area contributed by atoms with Gasteiger partial charge in [-0.05, 0) is 47.5 Å². The largest absolute Gasteiger partial charge is 0.493 e. The molecule has 178 valence electrons. The Bertz CT molecular complexity index is 1080. The second kappa shape index (κ2) is 11.6. The van der Waals surface area contributed by atoms with Gasteiger partial charge in [0.1, 0.15) is 0 Å². The topological polar surface area (TPSA) is 95.1 Å². The van der Waals surface area contributed by atoms with Gasteiger partial charge in [-0.2, -0.15) is 0 Å². The van der Waals surface area contributed by atoms with Crippen molar-refractivity contribution in [3.8, 4) is 23.0 Å². The van der Waals surface area contributed by atoms with E-state index >= 15 is 0 Å². The van der Waals surface area contributed by atoms with Crippen molar-refractivity contribution in [1.29, 1.82) is 0 Å². The fourth-order valence-corrected chi connectivity index (χ4v) is 3.37. The molecule has 8 heteroatoms. The van der Waals surface area contributed by atoms with Crippen LogP contribution in [0.3, 0.4) is 0 Å². The number of carbonyl (C=O) groups is 2. The fraction of sp³-hybridized carbons (Fsp3) is 0.231. The Hall–Kier alpha value is -4.20. The number of hydrogen-bond donors (Lipinski definition) is 2. The minimum absolute atomic E-state index is 0.229. The van der Waals surface area contributed by atoms with Crippen LogP contribution in [0.4, 0.5) is 0 Å². The highest BCUT2D eigenvalue weighted by molar-refractivity contribution is 5.95. The SMILES string of the molecule is COc1ccc(C(=O)NCc2cccc(CNC(=O)c3ccc(OC)c(OC)c3)c2)cc1OC. The van der Waals surface area contributed by atoms with E-state index in [9.17, 15) is 9.59 Å². The van der Waals surface area contributed by atoms with Crippen molar-refractivity contribution < 1.29 is 28.5 Å². The Morgan fingerprint density at radius 3 is 1.38 bits per heavy atom. The van der Waals surface area contributed by atoms with E-state index in [4.69, 9.17) is 18.9 Å². The summed E-state index contributed by atoms with van der Waals surface area (Å²) < 4.78 is 20.9. The molecule has 2 N–H and O–H groups in total. The standard InChI is InChI=1S/C26H28N2O6/c1-31-21-10-8-19(13-23(21)33-3)25(29)27-15-17-6-5-7-18(12-17)16-28-26(30)20-9-11-22(32-2)24(14-20)34-4/h5-14H,15-16H2,1-4H3,(H,27,29)(H,28,30). The number of ether oxygens (including phenoxy) is 4. The molecule has 0 saturated heterocycles. The van der Waals surface area contributed by atoms with Gasteiger partial charge in [0.2, 0.25) is 0 Å². The molecular formula is C26H28N2O6. The molecule has 0 bridgehead atoms. The van der Waals surface area contributed by atoms with Crippen molar-refractivity contribution in [1.82, 2.24) is 10.6 Å². The quantitative estimate of drug-likeness (QED) is 0.476. The number of amides is 2. The molecule has 0 heterocycles. The third kappa shape index (κ3) is 5.98. The van der Waals surface area contributed by atoms with Gasteiger partial charge >= 0.3 is 0 Å². The molecule has 0 unspecified atom stereocenters. The summed E-state index contributed by atoms with van der Waals surface area (Å²) >= 11 is 0. The van der Waals surface area contributed by atoms with E-state index in [1.54, 1.807) is 50.6 Å². The molecule has 0 saturated carbocycles. The number of carbonyl (C=O) groups excluding carboxylic acids is 2. The van der Waals surface area contributed by atoms with Crippen LogP contribution < -0.4 is 29.6 Å². The van der Waals surface area contributed by atoms with Gasteiger partial charge in [0.25, 0.3) is 11.8 Å². The minimum Gasteiger partial charge on any atom is -0.493 e. The van der Waals surface area contributed by atoms with Crippen LogP contribution in [0.25, 0.3) is 0 Å². The predicted octanol–water partition coefficient (Wildman–Crippen LogP) is 3.58. The van der Waals surface area contributed by atoms with Crippen molar-refractivity contribution in [2.75, 3.05) is 28.4 Å². The smallest absolute Gasteiger partial charge is 0.251 e. The Morgan fingerprint density at radius 1 is 0.588 bits per heavy atom. The molecule has 0 spiro atoms. The summed E-state index contributed by atoms with van der Waals surface area (Å²) in [6.07, 6.45) is 0. The van der Waals surface area contributed by atoms with Crippen LogP contribution >= 0.6 is 0 Å². The number of methoxy groups -OCH3 is 4. The fourth-order valence-electron chi connectivity index (χ4n) is 3.37. The summed E-state index contributed by atoms with van der Waals surface area (Å²) in [5, 5.41) is 5.79. The van der Waals surface area contributed by atoms with Crippen molar-refractivity contribution in [3.05, 3.63) is 82.9 Å². The maximum Gasteiger partial charge on any atom is 0.251 e. The third-order valence-electron chi connectivity index (χ3n) is 5.19. The average Bonchev–Trinajstić information content (AvgIpc) is 2.89. The lowest BCUT2D eigenvalue weighted by atomic mass is 10.1. The molecule has 0 atom stereocenters. The lowest BCUT2D eigenvalue weighted by Gasteiger charge is -2.11. The summed E-state index contributed by atoms with van der Waals surface area (Å²) in [7, 11) is 6.13. The van der Waals surface area contributed by atoms with Crippen LogP contribution in [0.5, 0.6) is 23.0 Å². The Kier molecular flexibility index (Phi) is 8.34. The van der Waals surface area contributed by atoms with Gasteiger partial charge in [-0.15, -0.1) is 0 Å². The molecule has 2 amide bonds. The first-order valence-electron chi connectivity index (χ1n) is 10.6. The summed E-state index contributed by atoms with van der Waals surface area (Å²) in [6.45, 7) is 0.676. The molecule has 0 fully saturated rings. The Balaban J connectivity index is 1.59. The van der Waals surface area contributed by atoms with Gasteiger partial charge in [0.05, 0.1) is 28.4 Å². The molecule has 34 heavy (non-hydrogen) atoms. The average molecular weight is 465 g/mol. The maximum absolute atomic E-state index is 12.6. The monoisotopic (exact) mass is 464 g/mol. The van der Waals surface area contributed by atoms with Crippen LogP contribution in [0.15, 0.2) is 60.7 Å². The second-order valence-electron chi connectivity index (χ2n) is 7.32. The normalized spacial score (nSPS) is 10.2. The maximum atomic E-state index is 12.6. The molecule has 3 aromatic rings. The van der Waals surface area contributed by atoms with Crippen LogP contribution in [0.1, 0.15) is 31.8 Å². The van der Waals surface area contributed by atoms with Gasteiger partial charge in [0.15, 0.2) is 23.0 Å². The van der Waals surface area contributed by atoms with Crippen LogP contribution in [0.2, 0.25) is 0 Å². The number of benzene rings is 3. The van der Waals surface area contributed by atoms with Gasteiger partial charge < -0.3 is 29.6 Å². The zero-order valence-electron chi connectivity index (χ0n) is 19.6. The van der Waals surface area contributed by atoms with Crippen LogP contribution in [0, 0.1) is 0 Å². The van der Waals surface area contributed by atoms with Crippen molar-refractivity contribution in [2.24, 2.45) is 0 Å². The molecule has 8 nitrogen and oxygen atoms in total. The molecule has 0 aliphatic heterocycles. The van der Waals surface area contributed by atoms with Crippen LogP contribution in [-0.2, 0) is 13.1 Å².